The van der Waals surface area contributed by atoms with Gasteiger partial charge in [-0.05, 0) is 43.4 Å². The molecule has 2 aromatic rings. The summed E-state index contributed by atoms with van der Waals surface area (Å²) in [5, 5.41) is 1.70. The molecule has 0 bridgehead atoms. The fraction of sp³-hybridized carbons (Fsp3) is 0.455. The second-order valence-corrected chi connectivity index (χ2v) is 7.85. The molecular formula is C22H26BrNO4. The van der Waals surface area contributed by atoms with Crippen LogP contribution in [-0.4, -0.2) is 42.8 Å². The molecule has 1 aliphatic heterocycles. The Bertz CT molecular complexity index is 854. The number of halogens is 1. The number of nitrogens with zero attached hydrogens (tertiary/aromatic N) is 1. The van der Waals surface area contributed by atoms with Crippen molar-refractivity contribution in [3.63, 3.8) is 0 Å². The summed E-state index contributed by atoms with van der Waals surface area (Å²) in [6.45, 7) is 6.82. The Morgan fingerprint density at radius 2 is 1.61 bits per heavy atom. The molecule has 1 heterocycles. The summed E-state index contributed by atoms with van der Waals surface area (Å²) >= 11 is 3.75. The lowest BCUT2D eigenvalue weighted by Gasteiger charge is -2.30. The summed E-state index contributed by atoms with van der Waals surface area (Å²) < 4.78 is 11.1. The number of carbonyl (C=O) groups excluding carboxylic acids is 2. The van der Waals surface area contributed by atoms with Gasteiger partial charge in [0.2, 0.25) is 0 Å². The van der Waals surface area contributed by atoms with Gasteiger partial charge in [0.15, 0.2) is 6.29 Å². The number of rotatable bonds is 9. The number of ether oxygens (including phenoxy) is 2. The first kappa shape index (κ1) is 21.0. The first-order valence-electron chi connectivity index (χ1n) is 9.82. The largest absolute Gasteiger partial charge is 0.351 e. The molecule has 0 saturated carbocycles. The van der Waals surface area contributed by atoms with Crippen LogP contribution >= 0.6 is 15.9 Å². The Kier molecular flexibility index (Phi) is 6.86. The molecule has 2 amide bonds. The molecule has 0 fully saturated rings. The van der Waals surface area contributed by atoms with Gasteiger partial charge in [0.25, 0.3) is 11.8 Å². The Hall–Kier alpha value is -1.76. The van der Waals surface area contributed by atoms with Crippen molar-refractivity contribution in [1.82, 2.24) is 4.90 Å². The molecule has 1 aliphatic rings. The standard InChI is InChI=1S/C22H26BrNO4/c1-4-8-18(23)14-11-12-17-20-15(14)9-7-10-16(20)21(25)24(22(17)26)13-19(27-5-2)28-6-3/h7,9-12,18-19H,4-6,8,13H2,1-3H3. The first-order chi connectivity index (χ1) is 13.5. The van der Waals surface area contributed by atoms with Crippen molar-refractivity contribution in [2.45, 2.75) is 44.7 Å². The Labute approximate surface area is 174 Å². The molecule has 0 radical (unpaired) electrons. The lowest BCUT2D eigenvalue weighted by molar-refractivity contribution is -0.140. The smallest absolute Gasteiger partial charge is 0.261 e. The van der Waals surface area contributed by atoms with Crippen LogP contribution in [0, 0.1) is 0 Å². The van der Waals surface area contributed by atoms with Crippen LogP contribution in [0.1, 0.15) is 64.7 Å². The van der Waals surface area contributed by atoms with E-state index in [-0.39, 0.29) is 23.2 Å². The maximum Gasteiger partial charge on any atom is 0.261 e. The normalized spacial score (nSPS) is 15.0. The topological polar surface area (TPSA) is 55.8 Å². The molecule has 0 N–H and O–H groups in total. The van der Waals surface area contributed by atoms with Gasteiger partial charge in [-0.1, -0.05) is 47.5 Å². The van der Waals surface area contributed by atoms with Crippen LogP contribution in [0.25, 0.3) is 10.8 Å². The minimum atomic E-state index is -0.626. The molecule has 150 valence electrons. The SMILES string of the molecule is CCCC(Br)c1ccc2c3c(cccc13)C(=O)N(CC(OCC)OCC)C2=O. The fourth-order valence-corrected chi connectivity index (χ4v) is 4.55. The van der Waals surface area contributed by atoms with Crippen LogP contribution in [0.5, 0.6) is 0 Å². The number of benzene rings is 2. The second kappa shape index (κ2) is 9.16. The van der Waals surface area contributed by atoms with Crippen molar-refractivity contribution in [3.05, 3.63) is 47.0 Å². The molecule has 3 rings (SSSR count). The summed E-state index contributed by atoms with van der Waals surface area (Å²) in [4.78, 5) is 27.7. The van der Waals surface area contributed by atoms with Gasteiger partial charge in [0.1, 0.15) is 0 Å². The molecule has 5 nitrogen and oxygen atoms in total. The van der Waals surface area contributed by atoms with Crippen molar-refractivity contribution >= 4 is 38.5 Å². The van der Waals surface area contributed by atoms with Gasteiger partial charge in [0.05, 0.1) is 6.54 Å². The fourth-order valence-electron chi connectivity index (χ4n) is 3.69. The third kappa shape index (κ3) is 3.86. The number of alkyl halides is 1. The lowest BCUT2D eigenvalue weighted by Crippen LogP contribution is -2.45. The zero-order chi connectivity index (χ0) is 20.3. The van der Waals surface area contributed by atoms with Crippen molar-refractivity contribution in [2.75, 3.05) is 19.8 Å². The Morgan fingerprint density at radius 1 is 0.964 bits per heavy atom. The molecule has 0 saturated heterocycles. The highest BCUT2D eigenvalue weighted by Crippen LogP contribution is 2.38. The second-order valence-electron chi connectivity index (χ2n) is 6.75. The molecule has 2 aromatic carbocycles. The van der Waals surface area contributed by atoms with Crippen LogP contribution in [0.3, 0.4) is 0 Å². The average Bonchev–Trinajstić information content (AvgIpc) is 2.69. The van der Waals surface area contributed by atoms with E-state index in [1.807, 2.05) is 38.1 Å². The lowest BCUT2D eigenvalue weighted by atomic mass is 9.90. The number of hydrogen-bond acceptors (Lipinski definition) is 4. The van der Waals surface area contributed by atoms with Gasteiger partial charge in [-0.15, -0.1) is 0 Å². The number of imide groups is 1. The summed E-state index contributed by atoms with van der Waals surface area (Å²) in [5.41, 5.74) is 2.21. The van der Waals surface area contributed by atoms with Gasteiger partial charge in [-0.3, -0.25) is 14.5 Å². The van der Waals surface area contributed by atoms with Crippen molar-refractivity contribution in [3.8, 4) is 0 Å². The minimum Gasteiger partial charge on any atom is -0.351 e. The van der Waals surface area contributed by atoms with Gasteiger partial charge in [-0.2, -0.15) is 0 Å². The number of hydrogen-bond donors (Lipinski definition) is 0. The summed E-state index contributed by atoms with van der Waals surface area (Å²) in [7, 11) is 0. The quantitative estimate of drug-likeness (QED) is 0.305. The first-order valence-corrected chi connectivity index (χ1v) is 10.7. The molecule has 0 aromatic heterocycles. The minimum absolute atomic E-state index is 0.0772. The van der Waals surface area contributed by atoms with E-state index in [9.17, 15) is 9.59 Å². The zero-order valence-corrected chi connectivity index (χ0v) is 18.1. The third-order valence-corrected chi connectivity index (χ3v) is 5.89. The van der Waals surface area contributed by atoms with Crippen LogP contribution < -0.4 is 0 Å². The average molecular weight is 448 g/mol. The third-order valence-electron chi connectivity index (χ3n) is 4.94. The van der Waals surface area contributed by atoms with E-state index < -0.39 is 6.29 Å². The van der Waals surface area contributed by atoms with Crippen LogP contribution in [0.15, 0.2) is 30.3 Å². The Balaban J connectivity index is 2.04. The van der Waals surface area contributed by atoms with E-state index in [2.05, 4.69) is 22.9 Å². The Morgan fingerprint density at radius 3 is 2.21 bits per heavy atom. The van der Waals surface area contributed by atoms with Crippen molar-refractivity contribution in [2.24, 2.45) is 0 Å². The highest BCUT2D eigenvalue weighted by atomic mass is 79.9. The molecule has 0 aliphatic carbocycles. The molecular weight excluding hydrogens is 422 g/mol. The van der Waals surface area contributed by atoms with Crippen molar-refractivity contribution < 1.29 is 19.1 Å². The van der Waals surface area contributed by atoms with Crippen molar-refractivity contribution in [1.29, 1.82) is 0 Å². The molecule has 1 atom stereocenters. The van der Waals surface area contributed by atoms with E-state index in [0.717, 1.165) is 29.2 Å². The summed E-state index contributed by atoms with van der Waals surface area (Å²) in [5.74, 6) is -0.599. The number of carbonyl (C=O) groups is 2. The van der Waals surface area contributed by atoms with Crippen LogP contribution in [0.4, 0.5) is 0 Å². The molecule has 0 spiro atoms. The van der Waals surface area contributed by atoms with Gasteiger partial charge >= 0.3 is 0 Å². The van der Waals surface area contributed by atoms with E-state index in [1.54, 1.807) is 6.07 Å². The predicted molar refractivity (Wildman–Crippen MR) is 113 cm³/mol. The van der Waals surface area contributed by atoms with E-state index in [4.69, 9.17) is 9.47 Å². The monoisotopic (exact) mass is 447 g/mol. The predicted octanol–water partition coefficient (Wildman–Crippen LogP) is 5.07. The summed E-state index contributed by atoms with van der Waals surface area (Å²) in [6.07, 6.45) is 1.40. The van der Waals surface area contributed by atoms with Crippen LogP contribution in [0.2, 0.25) is 0 Å². The molecule has 6 heteroatoms. The molecule has 1 unspecified atom stereocenters. The number of amides is 2. The highest BCUT2D eigenvalue weighted by molar-refractivity contribution is 9.09. The van der Waals surface area contributed by atoms with Gasteiger partial charge in [-0.25, -0.2) is 0 Å². The summed E-state index contributed by atoms with van der Waals surface area (Å²) in [6, 6.07) is 9.48. The van der Waals surface area contributed by atoms with E-state index in [0.29, 0.717) is 24.3 Å². The molecule has 28 heavy (non-hydrogen) atoms. The maximum atomic E-state index is 13.1. The van der Waals surface area contributed by atoms with Gasteiger partial charge in [0, 0.05) is 34.6 Å². The van der Waals surface area contributed by atoms with Crippen LogP contribution in [-0.2, 0) is 9.47 Å². The van der Waals surface area contributed by atoms with Gasteiger partial charge < -0.3 is 9.47 Å². The van der Waals surface area contributed by atoms with E-state index >= 15 is 0 Å². The maximum absolute atomic E-state index is 13.1. The highest BCUT2D eigenvalue weighted by Gasteiger charge is 2.35. The van der Waals surface area contributed by atoms with E-state index in [1.165, 1.54) is 4.90 Å². The zero-order valence-electron chi connectivity index (χ0n) is 16.5.